The lowest BCUT2D eigenvalue weighted by molar-refractivity contribution is -0.682. The number of anilines is 1. The van der Waals surface area contributed by atoms with Gasteiger partial charge in [0.15, 0.2) is 6.54 Å². The highest BCUT2D eigenvalue weighted by Crippen LogP contribution is 2.24. The van der Waals surface area contributed by atoms with Crippen molar-refractivity contribution in [1.82, 2.24) is 0 Å². The molecule has 0 aromatic heterocycles. The number of hydrogen-bond donors (Lipinski definition) is 2. The van der Waals surface area contributed by atoms with E-state index >= 15 is 0 Å². The van der Waals surface area contributed by atoms with Crippen molar-refractivity contribution in [3.05, 3.63) is 63.6 Å². The van der Waals surface area contributed by atoms with E-state index in [0.29, 0.717) is 16.6 Å². The maximum absolute atomic E-state index is 12.0. The third kappa shape index (κ3) is 4.73. The molecule has 1 atom stereocenters. The van der Waals surface area contributed by atoms with Gasteiger partial charge >= 0.3 is 0 Å². The lowest BCUT2D eigenvalue weighted by Crippen LogP contribution is -2.86. The molecule has 116 valence electrons. The number of rotatable bonds is 5. The van der Waals surface area contributed by atoms with Crippen molar-refractivity contribution in [3.63, 3.8) is 0 Å². The van der Waals surface area contributed by atoms with E-state index in [-0.39, 0.29) is 11.9 Å². The van der Waals surface area contributed by atoms with Gasteiger partial charge < -0.3 is 10.6 Å². The summed E-state index contributed by atoms with van der Waals surface area (Å²) in [5.41, 5.74) is 2.90. The molecule has 22 heavy (non-hydrogen) atoms. The largest absolute Gasteiger partial charge is 0.332 e. The van der Waals surface area contributed by atoms with Crippen LogP contribution in [0.3, 0.4) is 0 Å². The molecule has 5 heteroatoms. The quantitative estimate of drug-likeness (QED) is 0.860. The molecule has 0 saturated heterocycles. The Kier molecular flexibility index (Phi) is 5.83. The first kappa shape index (κ1) is 16.8. The summed E-state index contributed by atoms with van der Waals surface area (Å²) < 4.78 is 0. The third-order valence-corrected chi connectivity index (χ3v) is 3.97. The van der Waals surface area contributed by atoms with E-state index in [1.54, 1.807) is 12.1 Å². The van der Waals surface area contributed by atoms with E-state index in [9.17, 15) is 4.79 Å². The van der Waals surface area contributed by atoms with Gasteiger partial charge in [-0.1, -0.05) is 41.4 Å². The normalized spacial score (nSPS) is 12.0. The first-order chi connectivity index (χ1) is 10.5. The van der Waals surface area contributed by atoms with Crippen LogP contribution in [0.25, 0.3) is 0 Å². The standard InChI is InChI=1S/C17H18Cl2N2O/c1-11-4-3-5-14(8-11)21-17(22)10-20-12(2)15-7-6-13(18)9-16(15)19/h3-9,12,20H,10H2,1-2H3,(H,21,22)/p+1/t12-/m1/s1. The van der Waals surface area contributed by atoms with Crippen LogP contribution in [-0.4, -0.2) is 12.5 Å². The van der Waals surface area contributed by atoms with E-state index in [1.165, 1.54) is 0 Å². The smallest absolute Gasteiger partial charge is 0.279 e. The van der Waals surface area contributed by atoms with Crippen LogP contribution < -0.4 is 10.6 Å². The molecule has 0 fully saturated rings. The molecule has 0 aliphatic carbocycles. The van der Waals surface area contributed by atoms with Gasteiger partial charge in [-0.2, -0.15) is 0 Å². The fraction of sp³-hybridized carbons (Fsp3) is 0.235. The maximum Gasteiger partial charge on any atom is 0.279 e. The van der Waals surface area contributed by atoms with Gasteiger partial charge in [0.2, 0.25) is 0 Å². The average Bonchev–Trinajstić information content (AvgIpc) is 2.45. The van der Waals surface area contributed by atoms with Gasteiger partial charge in [0, 0.05) is 16.3 Å². The van der Waals surface area contributed by atoms with Gasteiger partial charge in [-0.25, -0.2) is 0 Å². The highest BCUT2D eigenvalue weighted by Gasteiger charge is 2.14. The van der Waals surface area contributed by atoms with Crippen LogP contribution >= 0.6 is 23.2 Å². The monoisotopic (exact) mass is 337 g/mol. The number of carbonyl (C=O) groups is 1. The predicted molar refractivity (Wildman–Crippen MR) is 91.5 cm³/mol. The van der Waals surface area contributed by atoms with Crippen molar-refractivity contribution in [2.75, 3.05) is 11.9 Å². The van der Waals surface area contributed by atoms with Crippen LogP contribution in [0.2, 0.25) is 10.0 Å². The number of benzene rings is 2. The molecule has 3 N–H and O–H groups in total. The molecular formula is C17H19Cl2N2O+. The number of aryl methyl sites for hydroxylation is 1. The number of nitrogens with two attached hydrogens (primary N) is 1. The molecule has 0 heterocycles. The molecule has 0 spiro atoms. The van der Waals surface area contributed by atoms with Crippen molar-refractivity contribution in [3.8, 4) is 0 Å². The summed E-state index contributed by atoms with van der Waals surface area (Å²) in [6.07, 6.45) is 0. The summed E-state index contributed by atoms with van der Waals surface area (Å²) in [7, 11) is 0. The second kappa shape index (κ2) is 7.63. The number of nitrogens with one attached hydrogen (secondary N) is 1. The Morgan fingerprint density at radius 1 is 1.23 bits per heavy atom. The molecular weight excluding hydrogens is 319 g/mol. The Labute approximate surface area is 140 Å². The Bertz CT molecular complexity index is 673. The molecule has 2 aromatic carbocycles. The highest BCUT2D eigenvalue weighted by molar-refractivity contribution is 6.35. The average molecular weight is 338 g/mol. The van der Waals surface area contributed by atoms with Gasteiger partial charge in [0.05, 0.1) is 5.02 Å². The van der Waals surface area contributed by atoms with E-state index in [0.717, 1.165) is 16.8 Å². The molecule has 0 aliphatic heterocycles. The van der Waals surface area contributed by atoms with Gasteiger partial charge in [-0.15, -0.1) is 0 Å². The van der Waals surface area contributed by atoms with Crippen molar-refractivity contribution < 1.29 is 10.1 Å². The minimum atomic E-state index is -0.0393. The molecule has 2 aromatic rings. The minimum Gasteiger partial charge on any atom is -0.332 e. The molecule has 0 unspecified atom stereocenters. The van der Waals surface area contributed by atoms with E-state index in [4.69, 9.17) is 23.2 Å². The lowest BCUT2D eigenvalue weighted by atomic mass is 10.1. The molecule has 3 nitrogen and oxygen atoms in total. The second-order valence-electron chi connectivity index (χ2n) is 5.31. The molecule has 0 bridgehead atoms. The fourth-order valence-electron chi connectivity index (χ4n) is 2.22. The summed E-state index contributed by atoms with van der Waals surface area (Å²) in [6, 6.07) is 13.2. The van der Waals surface area contributed by atoms with Gasteiger partial charge in [-0.05, 0) is 43.7 Å². The number of amides is 1. The highest BCUT2D eigenvalue weighted by atomic mass is 35.5. The lowest BCUT2D eigenvalue weighted by Gasteiger charge is -2.13. The first-order valence-corrected chi connectivity index (χ1v) is 7.86. The Hall–Kier alpha value is -1.55. The number of quaternary nitrogens is 1. The van der Waals surface area contributed by atoms with Crippen molar-refractivity contribution >= 4 is 34.8 Å². The molecule has 1 amide bonds. The minimum absolute atomic E-state index is 0.0393. The van der Waals surface area contributed by atoms with Crippen LogP contribution in [-0.2, 0) is 4.79 Å². The van der Waals surface area contributed by atoms with Crippen molar-refractivity contribution in [1.29, 1.82) is 0 Å². The topological polar surface area (TPSA) is 45.7 Å². The SMILES string of the molecule is Cc1cccc(NC(=O)C[NH2+][C@H](C)c2ccc(Cl)cc2Cl)c1. The number of carbonyl (C=O) groups excluding carboxylic acids is 1. The molecule has 0 saturated carbocycles. The first-order valence-electron chi connectivity index (χ1n) is 7.10. The van der Waals surface area contributed by atoms with Crippen LogP contribution in [0.15, 0.2) is 42.5 Å². The summed E-state index contributed by atoms with van der Waals surface area (Å²) in [6.45, 7) is 4.33. The Morgan fingerprint density at radius 2 is 2.00 bits per heavy atom. The van der Waals surface area contributed by atoms with Crippen LogP contribution in [0.4, 0.5) is 5.69 Å². The molecule has 0 aliphatic rings. The maximum atomic E-state index is 12.0. The number of hydrogen-bond acceptors (Lipinski definition) is 1. The zero-order chi connectivity index (χ0) is 16.1. The second-order valence-corrected chi connectivity index (χ2v) is 6.16. The van der Waals surface area contributed by atoms with Crippen LogP contribution in [0, 0.1) is 6.92 Å². The van der Waals surface area contributed by atoms with E-state index < -0.39 is 0 Å². The Morgan fingerprint density at radius 3 is 2.68 bits per heavy atom. The zero-order valence-corrected chi connectivity index (χ0v) is 14.1. The summed E-state index contributed by atoms with van der Waals surface area (Å²) >= 11 is 12.1. The Balaban J connectivity index is 1.90. The predicted octanol–water partition coefficient (Wildman–Crippen LogP) is 3.56. The number of halogens is 2. The molecule has 0 radical (unpaired) electrons. The zero-order valence-electron chi connectivity index (χ0n) is 12.6. The third-order valence-electron chi connectivity index (χ3n) is 3.41. The van der Waals surface area contributed by atoms with Crippen LogP contribution in [0.5, 0.6) is 0 Å². The van der Waals surface area contributed by atoms with Crippen LogP contribution in [0.1, 0.15) is 24.1 Å². The summed E-state index contributed by atoms with van der Waals surface area (Å²) in [4.78, 5) is 12.0. The van der Waals surface area contributed by atoms with Crippen molar-refractivity contribution in [2.45, 2.75) is 19.9 Å². The van der Waals surface area contributed by atoms with Gasteiger partial charge in [-0.3, -0.25) is 4.79 Å². The molecule has 2 rings (SSSR count). The van der Waals surface area contributed by atoms with Gasteiger partial charge in [0.1, 0.15) is 6.04 Å². The van der Waals surface area contributed by atoms with E-state index in [1.807, 2.05) is 49.5 Å². The van der Waals surface area contributed by atoms with E-state index in [2.05, 4.69) is 5.32 Å². The summed E-state index contributed by atoms with van der Waals surface area (Å²) in [5.74, 6) is -0.0393. The van der Waals surface area contributed by atoms with Crippen molar-refractivity contribution in [2.24, 2.45) is 0 Å². The fourth-order valence-corrected chi connectivity index (χ4v) is 2.80. The summed E-state index contributed by atoms with van der Waals surface area (Å²) in [5, 5.41) is 6.06. The van der Waals surface area contributed by atoms with Gasteiger partial charge in [0.25, 0.3) is 5.91 Å².